The van der Waals surface area contributed by atoms with Crippen LogP contribution in [0.5, 0.6) is 0 Å². The molecule has 1 amide bonds. The van der Waals surface area contributed by atoms with Crippen molar-refractivity contribution in [3.05, 3.63) is 35.4 Å². The Balaban J connectivity index is 2.52. The van der Waals surface area contributed by atoms with E-state index in [4.69, 9.17) is 15.5 Å². The van der Waals surface area contributed by atoms with Crippen molar-refractivity contribution in [1.29, 1.82) is 5.26 Å². The topological polar surface area (TPSA) is 127 Å². The maximum absolute atomic E-state index is 11.5. The maximum atomic E-state index is 11.5. The third-order valence-electron chi connectivity index (χ3n) is 2.52. The number of aryl methyl sites for hydroxylation is 1. The average molecular weight is 276 g/mol. The van der Waals surface area contributed by atoms with E-state index in [1.54, 1.807) is 24.3 Å². The van der Waals surface area contributed by atoms with Gasteiger partial charge in [-0.05, 0) is 24.1 Å². The lowest BCUT2D eigenvalue weighted by Crippen LogP contribution is -2.46. The Bertz CT molecular complexity index is 545. The lowest BCUT2D eigenvalue weighted by atomic mass is 10.1. The van der Waals surface area contributed by atoms with Gasteiger partial charge in [0.1, 0.15) is 0 Å². The quantitative estimate of drug-likeness (QED) is 0.634. The van der Waals surface area contributed by atoms with Crippen molar-refractivity contribution in [2.24, 2.45) is 0 Å². The summed E-state index contributed by atoms with van der Waals surface area (Å²) in [5.74, 6) is -3.90. The number of amides is 1. The van der Waals surface area contributed by atoms with Crippen molar-refractivity contribution in [2.45, 2.75) is 18.9 Å². The lowest BCUT2D eigenvalue weighted by Gasteiger charge is -2.09. The fourth-order valence-electron chi connectivity index (χ4n) is 1.47. The third kappa shape index (κ3) is 4.42. The molecule has 0 saturated heterocycles. The molecule has 0 saturated carbocycles. The first-order valence-electron chi connectivity index (χ1n) is 5.68. The van der Waals surface area contributed by atoms with Gasteiger partial charge in [0.15, 0.2) is 0 Å². The Morgan fingerprint density at radius 1 is 1.15 bits per heavy atom. The number of carbonyl (C=O) groups excluding carboxylic acids is 1. The van der Waals surface area contributed by atoms with Crippen LogP contribution in [0.4, 0.5) is 0 Å². The van der Waals surface area contributed by atoms with E-state index in [9.17, 15) is 14.4 Å². The van der Waals surface area contributed by atoms with Crippen LogP contribution < -0.4 is 5.32 Å². The van der Waals surface area contributed by atoms with Crippen molar-refractivity contribution in [3.8, 4) is 6.07 Å². The first-order valence-corrected chi connectivity index (χ1v) is 5.68. The van der Waals surface area contributed by atoms with Gasteiger partial charge in [-0.1, -0.05) is 12.1 Å². The minimum absolute atomic E-state index is 0.0387. The standard InChI is InChI=1S/C13H12N2O5/c14-7-9-3-1-8(2-4-9)5-6-10(16)15-11(12(17)18)13(19)20/h1-4,11H,5-6H2,(H,15,16)(H,17,18)(H,19,20). The van der Waals surface area contributed by atoms with Crippen LogP contribution in [0.3, 0.4) is 0 Å². The molecule has 0 aromatic heterocycles. The first-order chi connectivity index (χ1) is 9.43. The molecule has 104 valence electrons. The molecule has 1 aromatic carbocycles. The molecule has 0 aliphatic carbocycles. The van der Waals surface area contributed by atoms with Gasteiger partial charge >= 0.3 is 11.9 Å². The zero-order valence-corrected chi connectivity index (χ0v) is 10.4. The van der Waals surface area contributed by atoms with E-state index in [1.807, 2.05) is 11.4 Å². The van der Waals surface area contributed by atoms with Crippen molar-refractivity contribution < 1.29 is 24.6 Å². The fraction of sp³-hybridized carbons (Fsp3) is 0.231. The van der Waals surface area contributed by atoms with E-state index in [2.05, 4.69) is 0 Å². The molecule has 0 heterocycles. The highest BCUT2D eigenvalue weighted by atomic mass is 16.4. The molecule has 0 aliphatic rings. The lowest BCUT2D eigenvalue weighted by molar-refractivity contribution is -0.153. The van der Waals surface area contributed by atoms with Gasteiger partial charge in [0, 0.05) is 6.42 Å². The number of carbonyl (C=O) groups is 3. The van der Waals surface area contributed by atoms with Gasteiger partial charge in [0.25, 0.3) is 0 Å². The molecular weight excluding hydrogens is 264 g/mol. The van der Waals surface area contributed by atoms with E-state index < -0.39 is 23.9 Å². The minimum Gasteiger partial charge on any atom is -0.479 e. The second-order valence-corrected chi connectivity index (χ2v) is 3.99. The van der Waals surface area contributed by atoms with Gasteiger partial charge < -0.3 is 15.5 Å². The molecular formula is C13H12N2O5. The molecule has 3 N–H and O–H groups in total. The van der Waals surface area contributed by atoms with E-state index >= 15 is 0 Å². The molecule has 7 heteroatoms. The molecule has 0 unspecified atom stereocenters. The Kier molecular flexibility index (Phi) is 5.23. The summed E-state index contributed by atoms with van der Waals surface area (Å²) in [4.78, 5) is 32.7. The molecule has 20 heavy (non-hydrogen) atoms. The molecule has 0 bridgehead atoms. The second kappa shape index (κ2) is 6.89. The van der Waals surface area contributed by atoms with Gasteiger partial charge in [-0.2, -0.15) is 5.26 Å². The summed E-state index contributed by atoms with van der Waals surface area (Å²) in [7, 11) is 0. The summed E-state index contributed by atoms with van der Waals surface area (Å²) >= 11 is 0. The van der Waals surface area contributed by atoms with Crippen LogP contribution in [0.25, 0.3) is 0 Å². The van der Waals surface area contributed by atoms with E-state index in [0.29, 0.717) is 12.0 Å². The number of benzene rings is 1. The van der Waals surface area contributed by atoms with Crippen LogP contribution in [0.15, 0.2) is 24.3 Å². The largest absolute Gasteiger partial charge is 0.479 e. The molecule has 0 radical (unpaired) electrons. The van der Waals surface area contributed by atoms with Crippen LogP contribution in [0.2, 0.25) is 0 Å². The second-order valence-electron chi connectivity index (χ2n) is 3.99. The van der Waals surface area contributed by atoms with E-state index in [-0.39, 0.29) is 6.42 Å². The van der Waals surface area contributed by atoms with Crippen molar-refractivity contribution in [1.82, 2.24) is 5.32 Å². The van der Waals surface area contributed by atoms with Gasteiger partial charge in [0.05, 0.1) is 11.6 Å². The number of hydrogen-bond donors (Lipinski definition) is 3. The summed E-state index contributed by atoms with van der Waals surface area (Å²) in [5.41, 5.74) is 1.29. The van der Waals surface area contributed by atoms with Crippen molar-refractivity contribution >= 4 is 17.8 Å². The number of carboxylic acids is 2. The number of carboxylic acid groups (broad SMARTS) is 2. The summed E-state index contributed by atoms with van der Waals surface area (Å²) in [6, 6.07) is 6.58. The SMILES string of the molecule is N#Cc1ccc(CCC(=O)NC(C(=O)O)C(=O)O)cc1. The Morgan fingerprint density at radius 3 is 2.15 bits per heavy atom. The molecule has 0 spiro atoms. The third-order valence-corrected chi connectivity index (χ3v) is 2.52. The molecule has 0 atom stereocenters. The summed E-state index contributed by atoms with van der Waals surface area (Å²) < 4.78 is 0. The van der Waals surface area contributed by atoms with Gasteiger partial charge in [0.2, 0.25) is 11.9 Å². The highest BCUT2D eigenvalue weighted by molar-refractivity contribution is 6.00. The molecule has 0 fully saturated rings. The van der Waals surface area contributed by atoms with Gasteiger partial charge in [-0.15, -0.1) is 0 Å². The number of hydrogen-bond acceptors (Lipinski definition) is 4. The summed E-state index contributed by atoms with van der Waals surface area (Å²) in [5, 5.41) is 27.8. The first kappa shape index (κ1) is 15.2. The number of aliphatic carboxylic acids is 2. The van der Waals surface area contributed by atoms with Crippen LogP contribution >= 0.6 is 0 Å². The molecule has 1 aromatic rings. The Morgan fingerprint density at radius 2 is 1.70 bits per heavy atom. The summed E-state index contributed by atoms with van der Waals surface area (Å²) in [6.45, 7) is 0. The van der Waals surface area contributed by atoms with Crippen molar-refractivity contribution in [3.63, 3.8) is 0 Å². The highest BCUT2D eigenvalue weighted by Crippen LogP contribution is 2.06. The van der Waals surface area contributed by atoms with Crippen LogP contribution in [0.1, 0.15) is 17.5 Å². The monoisotopic (exact) mass is 276 g/mol. The zero-order chi connectivity index (χ0) is 15.1. The van der Waals surface area contributed by atoms with E-state index in [0.717, 1.165) is 5.56 Å². The average Bonchev–Trinajstić information content (AvgIpc) is 2.42. The summed E-state index contributed by atoms with van der Waals surface area (Å²) in [6.07, 6.45) is 0.284. The number of nitrogens with zero attached hydrogens (tertiary/aromatic N) is 1. The van der Waals surface area contributed by atoms with Crippen LogP contribution in [-0.4, -0.2) is 34.1 Å². The number of nitriles is 1. The molecule has 1 rings (SSSR count). The van der Waals surface area contributed by atoms with Crippen molar-refractivity contribution in [2.75, 3.05) is 0 Å². The zero-order valence-electron chi connectivity index (χ0n) is 10.4. The fourth-order valence-corrected chi connectivity index (χ4v) is 1.47. The minimum atomic E-state index is -1.94. The predicted octanol–water partition coefficient (Wildman–Crippen LogP) is 0.145. The molecule has 7 nitrogen and oxygen atoms in total. The van der Waals surface area contributed by atoms with Crippen LogP contribution in [-0.2, 0) is 20.8 Å². The highest BCUT2D eigenvalue weighted by Gasteiger charge is 2.27. The van der Waals surface area contributed by atoms with Crippen LogP contribution in [0, 0.1) is 11.3 Å². The Hall–Kier alpha value is -2.88. The Labute approximate surface area is 114 Å². The maximum Gasteiger partial charge on any atom is 0.338 e. The molecule has 0 aliphatic heterocycles. The smallest absolute Gasteiger partial charge is 0.338 e. The normalized spacial score (nSPS) is 9.80. The predicted molar refractivity (Wildman–Crippen MR) is 66.7 cm³/mol. The number of nitrogens with one attached hydrogen (secondary N) is 1. The van der Waals surface area contributed by atoms with E-state index in [1.165, 1.54) is 0 Å². The van der Waals surface area contributed by atoms with Gasteiger partial charge in [-0.25, -0.2) is 9.59 Å². The number of rotatable bonds is 6. The van der Waals surface area contributed by atoms with Gasteiger partial charge in [-0.3, -0.25) is 4.79 Å².